The maximum Gasteiger partial charge on any atom is 0.0343 e. The van der Waals surface area contributed by atoms with E-state index in [1.165, 1.54) is 37.8 Å². The van der Waals surface area contributed by atoms with Crippen LogP contribution in [0.4, 0.5) is 11.4 Å². The summed E-state index contributed by atoms with van der Waals surface area (Å²) in [4.78, 5) is 0. The Morgan fingerprint density at radius 1 is 1.06 bits per heavy atom. The third-order valence-corrected chi connectivity index (χ3v) is 2.82. The fourth-order valence-corrected chi connectivity index (χ4v) is 1.90. The average molecular weight is 220 g/mol. The van der Waals surface area contributed by atoms with Gasteiger partial charge >= 0.3 is 0 Å². The van der Waals surface area contributed by atoms with E-state index in [-0.39, 0.29) is 0 Å². The molecule has 2 nitrogen and oxygen atoms in total. The highest BCUT2D eigenvalue weighted by Crippen LogP contribution is 2.16. The number of anilines is 2. The number of nitrogens with two attached hydrogens (primary N) is 1. The molecule has 0 bridgehead atoms. The molecular formula is C14H24N2. The number of hydrogen-bond donors (Lipinski definition) is 2. The van der Waals surface area contributed by atoms with Gasteiger partial charge in [0.05, 0.1) is 0 Å². The molecule has 1 aromatic carbocycles. The summed E-state index contributed by atoms with van der Waals surface area (Å²) in [7, 11) is 0. The fraction of sp³-hybridized carbons (Fsp3) is 0.571. The van der Waals surface area contributed by atoms with E-state index in [1.54, 1.807) is 0 Å². The molecule has 0 aromatic heterocycles. The van der Waals surface area contributed by atoms with E-state index in [2.05, 4.69) is 31.3 Å². The summed E-state index contributed by atoms with van der Waals surface area (Å²) in [5.41, 5.74) is 7.68. The number of unbranched alkanes of at least 4 members (excludes halogenated alkanes) is 1. The maximum absolute atomic E-state index is 5.67. The minimum atomic E-state index is 0.605. The molecule has 90 valence electrons. The largest absolute Gasteiger partial charge is 0.399 e. The van der Waals surface area contributed by atoms with Gasteiger partial charge in [-0.1, -0.05) is 33.1 Å². The summed E-state index contributed by atoms with van der Waals surface area (Å²) in [6, 6.07) is 8.62. The standard InChI is InChI=1S/C14H24N2/c1-3-5-7-13(6-4-2)16-14-10-8-12(15)9-11-14/h8-11,13,16H,3-7,15H2,1-2H3. The minimum absolute atomic E-state index is 0.605. The molecule has 0 spiro atoms. The van der Waals surface area contributed by atoms with Gasteiger partial charge in [0.2, 0.25) is 0 Å². The van der Waals surface area contributed by atoms with Crippen LogP contribution in [-0.4, -0.2) is 6.04 Å². The normalized spacial score (nSPS) is 12.4. The van der Waals surface area contributed by atoms with E-state index in [9.17, 15) is 0 Å². The van der Waals surface area contributed by atoms with Crippen molar-refractivity contribution in [2.45, 2.75) is 52.0 Å². The molecule has 0 aliphatic carbocycles. The lowest BCUT2D eigenvalue weighted by atomic mass is 10.0. The summed E-state index contributed by atoms with van der Waals surface area (Å²) in [6.07, 6.45) is 6.30. The van der Waals surface area contributed by atoms with E-state index in [0.29, 0.717) is 6.04 Å². The first-order chi connectivity index (χ1) is 7.76. The first-order valence-corrected chi connectivity index (χ1v) is 6.38. The predicted octanol–water partition coefficient (Wildman–Crippen LogP) is 4.04. The lowest BCUT2D eigenvalue weighted by Gasteiger charge is -2.19. The first kappa shape index (κ1) is 12.9. The Morgan fingerprint density at radius 2 is 1.75 bits per heavy atom. The molecule has 0 heterocycles. The zero-order valence-corrected chi connectivity index (χ0v) is 10.5. The van der Waals surface area contributed by atoms with Crippen molar-refractivity contribution in [3.05, 3.63) is 24.3 Å². The molecule has 1 rings (SSSR count). The molecule has 0 amide bonds. The van der Waals surface area contributed by atoms with Crippen LogP contribution in [0.1, 0.15) is 46.0 Å². The second-order valence-corrected chi connectivity index (χ2v) is 4.39. The van der Waals surface area contributed by atoms with Gasteiger partial charge in [-0.25, -0.2) is 0 Å². The van der Waals surface area contributed by atoms with Crippen LogP contribution < -0.4 is 11.1 Å². The molecule has 16 heavy (non-hydrogen) atoms. The van der Waals surface area contributed by atoms with Crippen molar-refractivity contribution in [1.29, 1.82) is 0 Å². The van der Waals surface area contributed by atoms with Crippen LogP contribution in [0.3, 0.4) is 0 Å². The molecule has 0 saturated heterocycles. The number of rotatable bonds is 7. The van der Waals surface area contributed by atoms with Crippen molar-refractivity contribution < 1.29 is 0 Å². The molecule has 0 saturated carbocycles. The van der Waals surface area contributed by atoms with E-state index >= 15 is 0 Å². The van der Waals surface area contributed by atoms with E-state index in [4.69, 9.17) is 5.73 Å². The van der Waals surface area contributed by atoms with Crippen LogP contribution in [-0.2, 0) is 0 Å². The van der Waals surface area contributed by atoms with Crippen molar-refractivity contribution in [2.24, 2.45) is 0 Å². The summed E-state index contributed by atoms with van der Waals surface area (Å²) < 4.78 is 0. The molecule has 1 aromatic rings. The number of hydrogen-bond acceptors (Lipinski definition) is 2. The number of nitrogen functional groups attached to an aromatic ring is 1. The van der Waals surface area contributed by atoms with Gasteiger partial charge in [-0.05, 0) is 37.1 Å². The lowest BCUT2D eigenvalue weighted by Crippen LogP contribution is -2.19. The Balaban J connectivity index is 2.49. The van der Waals surface area contributed by atoms with Gasteiger partial charge in [0, 0.05) is 17.4 Å². The van der Waals surface area contributed by atoms with Crippen molar-refractivity contribution in [3.63, 3.8) is 0 Å². The highest BCUT2D eigenvalue weighted by atomic mass is 14.9. The Labute approximate surface area is 99.2 Å². The molecule has 0 radical (unpaired) electrons. The highest BCUT2D eigenvalue weighted by molar-refractivity contribution is 5.51. The molecule has 0 aliphatic rings. The van der Waals surface area contributed by atoms with Gasteiger partial charge in [0.15, 0.2) is 0 Å². The third kappa shape index (κ3) is 4.56. The summed E-state index contributed by atoms with van der Waals surface area (Å²) in [5.74, 6) is 0. The summed E-state index contributed by atoms with van der Waals surface area (Å²) in [5, 5.41) is 3.59. The predicted molar refractivity (Wildman–Crippen MR) is 72.7 cm³/mol. The Hall–Kier alpha value is -1.18. The SMILES string of the molecule is CCCCC(CCC)Nc1ccc(N)cc1. The van der Waals surface area contributed by atoms with E-state index in [0.717, 1.165) is 5.69 Å². The zero-order valence-electron chi connectivity index (χ0n) is 10.5. The van der Waals surface area contributed by atoms with Crippen molar-refractivity contribution >= 4 is 11.4 Å². The Kier molecular flexibility index (Phi) is 5.76. The van der Waals surface area contributed by atoms with Gasteiger partial charge in [0.25, 0.3) is 0 Å². The third-order valence-electron chi connectivity index (χ3n) is 2.82. The minimum Gasteiger partial charge on any atom is -0.399 e. The average Bonchev–Trinajstić information content (AvgIpc) is 2.29. The quantitative estimate of drug-likeness (QED) is 0.681. The van der Waals surface area contributed by atoms with Crippen LogP contribution in [0.15, 0.2) is 24.3 Å². The van der Waals surface area contributed by atoms with Crippen molar-refractivity contribution in [2.75, 3.05) is 11.1 Å². The maximum atomic E-state index is 5.67. The summed E-state index contributed by atoms with van der Waals surface area (Å²) >= 11 is 0. The number of nitrogens with one attached hydrogen (secondary N) is 1. The molecular weight excluding hydrogens is 196 g/mol. The molecule has 2 heteroatoms. The fourth-order valence-electron chi connectivity index (χ4n) is 1.90. The Bertz CT molecular complexity index is 279. The number of benzene rings is 1. The van der Waals surface area contributed by atoms with E-state index in [1.807, 2.05) is 12.1 Å². The van der Waals surface area contributed by atoms with Gasteiger partial charge in [-0.3, -0.25) is 0 Å². The van der Waals surface area contributed by atoms with Crippen LogP contribution in [0.5, 0.6) is 0 Å². The van der Waals surface area contributed by atoms with Crippen molar-refractivity contribution in [1.82, 2.24) is 0 Å². The molecule has 3 N–H and O–H groups in total. The van der Waals surface area contributed by atoms with Crippen molar-refractivity contribution in [3.8, 4) is 0 Å². The Morgan fingerprint density at radius 3 is 2.31 bits per heavy atom. The second kappa shape index (κ2) is 7.15. The van der Waals surface area contributed by atoms with Crippen LogP contribution in [0.25, 0.3) is 0 Å². The van der Waals surface area contributed by atoms with Gasteiger partial charge in [-0.2, -0.15) is 0 Å². The highest BCUT2D eigenvalue weighted by Gasteiger charge is 2.06. The van der Waals surface area contributed by atoms with E-state index < -0.39 is 0 Å². The van der Waals surface area contributed by atoms with Gasteiger partial charge < -0.3 is 11.1 Å². The molecule has 0 fully saturated rings. The summed E-state index contributed by atoms with van der Waals surface area (Å²) in [6.45, 7) is 4.48. The lowest BCUT2D eigenvalue weighted by molar-refractivity contribution is 0.564. The molecule has 1 atom stereocenters. The zero-order chi connectivity index (χ0) is 11.8. The van der Waals surface area contributed by atoms with Crippen LogP contribution >= 0.6 is 0 Å². The van der Waals surface area contributed by atoms with Gasteiger partial charge in [-0.15, -0.1) is 0 Å². The van der Waals surface area contributed by atoms with Crippen LogP contribution in [0.2, 0.25) is 0 Å². The topological polar surface area (TPSA) is 38.0 Å². The monoisotopic (exact) mass is 220 g/mol. The molecule has 0 aliphatic heterocycles. The first-order valence-electron chi connectivity index (χ1n) is 6.38. The van der Waals surface area contributed by atoms with Gasteiger partial charge in [0.1, 0.15) is 0 Å². The molecule has 1 unspecified atom stereocenters. The second-order valence-electron chi connectivity index (χ2n) is 4.39. The smallest absolute Gasteiger partial charge is 0.0343 e. The van der Waals surface area contributed by atoms with Crippen LogP contribution in [0, 0.1) is 0 Å².